The first-order valence-electron chi connectivity index (χ1n) is 5.01. The lowest BCUT2D eigenvalue weighted by molar-refractivity contribution is 0.393. The summed E-state index contributed by atoms with van der Waals surface area (Å²) in [5, 5.41) is 0. The van der Waals surface area contributed by atoms with Crippen LogP contribution < -0.4 is 9.47 Å². The van der Waals surface area contributed by atoms with Gasteiger partial charge in [-0.3, -0.25) is 0 Å². The molecule has 0 saturated carbocycles. The van der Waals surface area contributed by atoms with Crippen LogP contribution in [0.25, 0.3) is 0 Å². The molecule has 0 radical (unpaired) electrons. The second kappa shape index (κ2) is 5.44. The standard InChI is InChI=1S/C13H18O2/c1-10(2)5-6-11-7-12(14-3)9-13(8-11)15-4/h5,7-9H,6H2,1-4H3. The molecule has 0 N–H and O–H groups in total. The molecule has 0 amide bonds. The van der Waals surface area contributed by atoms with Gasteiger partial charge >= 0.3 is 0 Å². The van der Waals surface area contributed by atoms with Crippen molar-refractivity contribution < 1.29 is 9.47 Å². The Kier molecular flexibility index (Phi) is 4.22. The number of benzene rings is 1. The molecule has 15 heavy (non-hydrogen) atoms. The summed E-state index contributed by atoms with van der Waals surface area (Å²) in [5.74, 6) is 1.68. The van der Waals surface area contributed by atoms with Crippen molar-refractivity contribution in [3.8, 4) is 11.5 Å². The van der Waals surface area contributed by atoms with Crippen molar-refractivity contribution in [3.05, 3.63) is 35.4 Å². The highest BCUT2D eigenvalue weighted by Crippen LogP contribution is 2.23. The van der Waals surface area contributed by atoms with Crippen molar-refractivity contribution in [2.75, 3.05) is 14.2 Å². The largest absolute Gasteiger partial charge is 0.497 e. The molecule has 1 aromatic carbocycles. The van der Waals surface area contributed by atoms with Gasteiger partial charge in [0.2, 0.25) is 0 Å². The van der Waals surface area contributed by atoms with Crippen LogP contribution in [-0.2, 0) is 6.42 Å². The molecule has 0 saturated heterocycles. The van der Waals surface area contributed by atoms with E-state index in [1.54, 1.807) is 14.2 Å². The average molecular weight is 206 g/mol. The van der Waals surface area contributed by atoms with E-state index in [4.69, 9.17) is 9.47 Å². The number of methoxy groups -OCH3 is 2. The van der Waals surface area contributed by atoms with Crippen LogP contribution in [0.3, 0.4) is 0 Å². The molecule has 0 atom stereocenters. The first kappa shape index (κ1) is 11.6. The predicted octanol–water partition coefficient (Wildman–Crippen LogP) is 3.21. The summed E-state index contributed by atoms with van der Waals surface area (Å²) in [5.41, 5.74) is 2.52. The van der Waals surface area contributed by atoms with Crippen LogP contribution in [-0.4, -0.2) is 14.2 Å². The van der Waals surface area contributed by atoms with Gasteiger partial charge in [0.25, 0.3) is 0 Å². The third-order valence-electron chi connectivity index (χ3n) is 2.16. The second-order valence-corrected chi connectivity index (χ2v) is 3.71. The molecular formula is C13H18O2. The summed E-state index contributed by atoms with van der Waals surface area (Å²) < 4.78 is 10.4. The van der Waals surface area contributed by atoms with Crippen LogP contribution in [0.4, 0.5) is 0 Å². The Hall–Kier alpha value is -1.44. The van der Waals surface area contributed by atoms with Gasteiger partial charge in [0.15, 0.2) is 0 Å². The van der Waals surface area contributed by atoms with Crippen LogP contribution in [0.2, 0.25) is 0 Å². The van der Waals surface area contributed by atoms with E-state index in [1.165, 1.54) is 11.1 Å². The molecule has 2 nitrogen and oxygen atoms in total. The minimum atomic E-state index is 0.839. The fourth-order valence-corrected chi connectivity index (χ4v) is 1.31. The monoisotopic (exact) mass is 206 g/mol. The molecule has 0 spiro atoms. The Morgan fingerprint density at radius 2 is 1.60 bits per heavy atom. The maximum atomic E-state index is 5.20. The molecular weight excluding hydrogens is 188 g/mol. The molecule has 0 aliphatic heterocycles. The van der Waals surface area contributed by atoms with Gasteiger partial charge in [-0.1, -0.05) is 11.6 Å². The lowest BCUT2D eigenvalue weighted by Gasteiger charge is -2.07. The maximum Gasteiger partial charge on any atom is 0.122 e. The summed E-state index contributed by atoms with van der Waals surface area (Å²) >= 11 is 0. The lowest BCUT2D eigenvalue weighted by atomic mass is 10.1. The van der Waals surface area contributed by atoms with Crippen LogP contribution in [0.1, 0.15) is 19.4 Å². The summed E-state index contributed by atoms with van der Waals surface area (Å²) in [6, 6.07) is 5.94. The first-order valence-corrected chi connectivity index (χ1v) is 5.01. The Morgan fingerprint density at radius 1 is 1.07 bits per heavy atom. The summed E-state index contributed by atoms with van der Waals surface area (Å²) in [6.07, 6.45) is 3.10. The zero-order chi connectivity index (χ0) is 11.3. The molecule has 82 valence electrons. The Labute approximate surface area is 91.5 Å². The Bertz CT molecular complexity index is 327. The highest BCUT2D eigenvalue weighted by atomic mass is 16.5. The minimum absolute atomic E-state index is 0.839. The molecule has 0 aliphatic carbocycles. The van der Waals surface area contributed by atoms with Gasteiger partial charge in [0.1, 0.15) is 11.5 Å². The van der Waals surface area contributed by atoms with Gasteiger partial charge in [-0.05, 0) is 38.0 Å². The highest BCUT2D eigenvalue weighted by molar-refractivity contribution is 5.39. The zero-order valence-electron chi connectivity index (χ0n) is 9.83. The van der Waals surface area contributed by atoms with Crippen LogP contribution in [0.5, 0.6) is 11.5 Å². The van der Waals surface area contributed by atoms with Crippen LogP contribution >= 0.6 is 0 Å². The van der Waals surface area contributed by atoms with Gasteiger partial charge in [0, 0.05) is 6.07 Å². The molecule has 1 rings (SSSR count). The average Bonchev–Trinajstić information content (AvgIpc) is 2.25. The third kappa shape index (κ3) is 3.66. The highest BCUT2D eigenvalue weighted by Gasteiger charge is 2.00. The van der Waals surface area contributed by atoms with Crippen LogP contribution in [0, 0.1) is 0 Å². The van der Waals surface area contributed by atoms with E-state index in [9.17, 15) is 0 Å². The molecule has 0 heterocycles. The van der Waals surface area contributed by atoms with Crippen molar-refractivity contribution in [1.29, 1.82) is 0 Å². The van der Waals surface area contributed by atoms with E-state index < -0.39 is 0 Å². The van der Waals surface area contributed by atoms with Crippen LogP contribution in [0.15, 0.2) is 29.8 Å². The van der Waals surface area contributed by atoms with E-state index in [1.807, 2.05) is 18.2 Å². The van der Waals surface area contributed by atoms with Gasteiger partial charge < -0.3 is 9.47 Å². The first-order chi connectivity index (χ1) is 7.15. The van der Waals surface area contributed by atoms with Crippen molar-refractivity contribution >= 4 is 0 Å². The van der Waals surface area contributed by atoms with Crippen molar-refractivity contribution in [1.82, 2.24) is 0 Å². The minimum Gasteiger partial charge on any atom is -0.497 e. The van der Waals surface area contributed by atoms with E-state index >= 15 is 0 Å². The molecule has 0 fully saturated rings. The number of hydrogen-bond donors (Lipinski definition) is 0. The Balaban J connectivity index is 2.91. The molecule has 0 bridgehead atoms. The maximum absolute atomic E-state index is 5.20. The van der Waals surface area contributed by atoms with Gasteiger partial charge in [-0.25, -0.2) is 0 Å². The van der Waals surface area contributed by atoms with Crippen molar-refractivity contribution in [2.45, 2.75) is 20.3 Å². The van der Waals surface area contributed by atoms with E-state index in [0.29, 0.717) is 0 Å². The molecule has 0 unspecified atom stereocenters. The van der Waals surface area contributed by atoms with Gasteiger partial charge in [0.05, 0.1) is 14.2 Å². The lowest BCUT2D eigenvalue weighted by Crippen LogP contribution is -1.90. The summed E-state index contributed by atoms with van der Waals surface area (Å²) in [4.78, 5) is 0. The number of hydrogen-bond acceptors (Lipinski definition) is 2. The summed E-state index contributed by atoms with van der Waals surface area (Å²) in [6.45, 7) is 4.19. The van der Waals surface area contributed by atoms with Crippen molar-refractivity contribution in [2.24, 2.45) is 0 Å². The van der Waals surface area contributed by atoms with Crippen molar-refractivity contribution in [3.63, 3.8) is 0 Å². The van der Waals surface area contributed by atoms with E-state index in [2.05, 4.69) is 19.9 Å². The van der Waals surface area contributed by atoms with Gasteiger partial charge in [-0.15, -0.1) is 0 Å². The zero-order valence-corrected chi connectivity index (χ0v) is 9.83. The fraction of sp³-hybridized carbons (Fsp3) is 0.385. The molecule has 2 heteroatoms. The summed E-state index contributed by atoms with van der Waals surface area (Å²) in [7, 11) is 3.33. The smallest absolute Gasteiger partial charge is 0.122 e. The molecule has 0 aliphatic rings. The quantitative estimate of drug-likeness (QED) is 0.704. The number of rotatable bonds is 4. The van der Waals surface area contributed by atoms with Gasteiger partial charge in [-0.2, -0.15) is 0 Å². The fourth-order valence-electron chi connectivity index (χ4n) is 1.31. The van der Waals surface area contributed by atoms with E-state index in [-0.39, 0.29) is 0 Å². The molecule has 1 aromatic rings. The predicted molar refractivity (Wildman–Crippen MR) is 62.7 cm³/mol. The topological polar surface area (TPSA) is 18.5 Å². The third-order valence-corrected chi connectivity index (χ3v) is 2.16. The number of ether oxygens (including phenoxy) is 2. The SMILES string of the molecule is COc1cc(CC=C(C)C)cc(OC)c1. The normalized spacial score (nSPS) is 9.60. The molecule has 0 aromatic heterocycles. The Morgan fingerprint density at radius 3 is 2.00 bits per heavy atom. The number of allylic oxidation sites excluding steroid dienone is 2. The van der Waals surface area contributed by atoms with E-state index in [0.717, 1.165) is 17.9 Å². The second-order valence-electron chi connectivity index (χ2n) is 3.71.